The number of hydrogen-bond donors (Lipinski definition) is 2. The second-order valence-corrected chi connectivity index (χ2v) is 5.86. The van der Waals surface area contributed by atoms with Crippen LogP contribution >= 0.6 is 11.3 Å². The summed E-state index contributed by atoms with van der Waals surface area (Å²) in [5, 5.41) is 8.23. The smallest absolute Gasteiger partial charge is 0.0991 e. The van der Waals surface area contributed by atoms with Crippen LogP contribution in [0, 0.1) is 0 Å². The van der Waals surface area contributed by atoms with Crippen LogP contribution in [0.5, 0.6) is 0 Å². The molecule has 3 N–H and O–H groups in total. The van der Waals surface area contributed by atoms with E-state index in [1.54, 1.807) is 17.5 Å². The molecule has 3 rings (SSSR count). The number of para-hydroxylation sites is 1. The number of aromatic nitrogens is 3. The van der Waals surface area contributed by atoms with Gasteiger partial charge in [0, 0.05) is 9.75 Å². The lowest BCUT2D eigenvalue weighted by molar-refractivity contribution is 0.603. The maximum Gasteiger partial charge on any atom is 0.0991 e. The van der Waals surface area contributed by atoms with E-state index in [-0.39, 0.29) is 6.04 Å². The molecule has 2 aromatic heterocycles. The number of nitrogens with two attached hydrogens (primary N) is 1. The molecule has 21 heavy (non-hydrogen) atoms. The maximum atomic E-state index is 5.78. The largest absolute Gasteiger partial charge is 0.270 e. The Morgan fingerprint density at radius 1 is 1.24 bits per heavy atom. The van der Waals surface area contributed by atoms with Crippen molar-refractivity contribution in [3.8, 4) is 5.69 Å². The topological polar surface area (TPSA) is 68.8 Å². The van der Waals surface area contributed by atoms with Gasteiger partial charge in [0.05, 0.1) is 23.6 Å². The number of rotatable bonds is 5. The highest BCUT2D eigenvalue weighted by atomic mass is 32.1. The van der Waals surface area contributed by atoms with E-state index in [1.807, 2.05) is 35.0 Å². The van der Waals surface area contributed by atoms with E-state index >= 15 is 0 Å². The molecule has 0 amide bonds. The van der Waals surface area contributed by atoms with E-state index in [4.69, 9.17) is 5.84 Å². The third-order valence-corrected chi connectivity index (χ3v) is 4.65. The molecule has 0 saturated heterocycles. The molecule has 0 radical (unpaired) electrons. The molecule has 1 atom stereocenters. The second kappa shape index (κ2) is 6.17. The van der Waals surface area contributed by atoms with Crippen molar-refractivity contribution in [1.29, 1.82) is 0 Å². The van der Waals surface area contributed by atoms with Crippen molar-refractivity contribution in [3.63, 3.8) is 0 Å². The fourth-order valence-electron chi connectivity index (χ4n) is 2.26. The van der Waals surface area contributed by atoms with Crippen molar-refractivity contribution in [3.05, 3.63) is 64.1 Å². The first-order valence-electron chi connectivity index (χ1n) is 6.84. The van der Waals surface area contributed by atoms with Gasteiger partial charge in [0.1, 0.15) is 0 Å². The molecule has 2 heterocycles. The van der Waals surface area contributed by atoms with Crippen LogP contribution in [0.4, 0.5) is 0 Å². The summed E-state index contributed by atoms with van der Waals surface area (Å²) in [6.07, 6.45) is 2.78. The molecular formula is C15H17N5S. The van der Waals surface area contributed by atoms with Gasteiger partial charge in [0.15, 0.2) is 0 Å². The first-order valence-corrected chi connectivity index (χ1v) is 7.66. The quantitative estimate of drug-likeness (QED) is 0.561. The minimum Gasteiger partial charge on any atom is -0.270 e. The van der Waals surface area contributed by atoms with Gasteiger partial charge in [0.2, 0.25) is 0 Å². The summed E-state index contributed by atoms with van der Waals surface area (Å²) in [6.45, 7) is 2.15. The number of benzene rings is 1. The summed E-state index contributed by atoms with van der Waals surface area (Å²) in [7, 11) is 0. The summed E-state index contributed by atoms with van der Waals surface area (Å²) in [4.78, 5) is 2.50. The van der Waals surface area contributed by atoms with Crippen LogP contribution in [0.3, 0.4) is 0 Å². The summed E-state index contributed by atoms with van der Waals surface area (Å²) in [5.74, 6) is 5.78. The lowest BCUT2D eigenvalue weighted by atomic mass is 10.2. The first-order chi connectivity index (χ1) is 10.3. The van der Waals surface area contributed by atoms with Gasteiger partial charge in [-0.3, -0.25) is 5.84 Å². The number of hydrazine groups is 1. The number of nitrogens with zero attached hydrogens (tertiary/aromatic N) is 3. The third-order valence-electron chi connectivity index (χ3n) is 3.35. The molecular weight excluding hydrogens is 282 g/mol. The maximum absolute atomic E-state index is 5.78. The molecule has 0 spiro atoms. The number of aryl methyl sites for hydroxylation is 1. The van der Waals surface area contributed by atoms with Gasteiger partial charge in [-0.25, -0.2) is 10.1 Å². The van der Waals surface area contributed by atoms with Crippen LogP contribution in [0.15, 0.2) is 48.7 Å². The molecule has 108 valence electrons. The Morgan fingerprint density at radius 3 is 2.71 bits per heavy atom. The van der Waals surface area contributed by atoms with E-state index in [0.717, 1.165) is 22.7 Å². The molecule has 0 aliphatic rings. The molecule has 3 aromatic rings. The predicted octanol–water partition coefficient (Wildman–Crippen LogP) is 2.44. The SMILES string of the molecule is CCc1ccc(C(NN)c2cnnn2-c2ccccc2)s1. The summed E-state index contributed by atoms with van der Waals surface area (Å²) in [5.41, 5.74) is 4.77. The normalized spacial score (nSPS) is 12.5. The molecule has 5 nitrogen and oxygen atoms in total. The number of nitrogens with one attached hydrogen (secondary N) is 1. The average molecular weight is 299 g/mol. The minimum atomic E-state index is -0.120. The molecule has 0 bridgehead atoms. The Hall–Kier alpha value is -2.02. The number of hydrogen-bond acceptors (Lipinski definition) is 5. The van der Waals surface area contributed by atoms with Crippen LogP contribution in [0.2, 0.25) is 0 Å². The zero-order chi connectivity index (χ0) is 14.7. The van der Waals surface area contributed by atoms with Crippen molar-refractivity contribution in [2.24, 2.45) is 5.84 Å². The highest BCUT2D eigenvalue weighted by molar-refractivity contribution is 7.12. The molecule has 0 fully saturated rings. The number of thiophene rings is 1. The Balaban J connectivity index is 2.01. The van der Waals surface area contributed by atoms with Gasteiger partial charge >= 0.3 is 0 Å². The summed E-state index contributed by atoms with van der Waals surface area (Å²) >= 11 is 1.76. The van der Waals surface area contributed by atoms with E-state index in [9.17, 15) is 0 Å². The zero-order valence-corrected chi connectivity index (χ0v) is 12.5. The van der Waals surface area contributed by atoms with Crippen LogP contribution in [-0.4, -0.2) is 15.0 Å². The molecule has 0 aliphatic heterocycles. The van der Waals surface area contributed by atoms with Crippen LogP contribution in [0.1, 0.15) is 28.4 Å². The molecule has 0 aliphatic carbocycles. The molecule has 1 aromatic carbocycles. The standard InChI is InChI=1S/C15H17N5S/c1-2-12-8-9-14(21-12)15(18-16)13-10-17-19-20(13)11-6-4-3-5-7-11/h3-10,15,18H,2,16H2,1H3. The lowest BCUT2D eigenvalue weighted by Crippen LogP contribution is -2.29. The Morgan fingerprint density at radius 2 is 2.05 bits per heavy atom. The van der Waals surface area contributed by atoms with Crippen molar-refractivity contribution in [1.82, 2.24) is 20.4 Å². The van der Waals surface area contributed by atoms with Gasteiger partial charge in [-0.15, -0.1) is 16.4 Å². The Labute approximate surface area is 127 Å². The van der Waals surface area contributed by atoms with Crippen LogP contribution < -0.4 is 11.3 Å². The fourth-order valence-corrected chi connectivity index (χ4v) is 3.29. The van der Waals surface area contributed by atoms with Gasteiger partial charge < -0.3 is 0 Å². The molecule has 1 unspecified atom stereocenters. The van der Waals surface area contributed by atoms with Crippen LogP contribution in [0.25, 0.3) is 5.69 Å². The van der Waals surface area contributed by atoms with E-state index in [0.29, 0.717) is 0 Å². The van der Waals surface area contributed by atoms with Crippen LogP contribution in [-0.2, 0) is 6.42 Å². The van der Waals surface area contributed by atoms with Crippen molar-refractivity contribution in [2.75, 3.05) is 0 Å². The highest BCUT2D eigenvalue weighted by Crippen LogP contribution is 2.28. The van der Waals surface area contributed by atoms with Gasteiger partial charge in [-0.05, 0) is 30.7 Å². The van der Waals surface area contributed by atoms with Crippen molar-refractivity contribution in [2.45, 2.75) is 19.4 Å². The fraction of sp³-hybridized carbons (Fsp3) is 0.200. The van der Waals surface area contributed by atoms with Gasteiger partial charge in [-0.1, -0.05) is 30.3 Å². The van der Waals surface area contributed by atoms with E-state index in [1.165, 1.54) is 4.88 Å². The lowest BCUT2D eigenvalue weighted by Gasteiger charge is -2.15. The summed E-state index contributed by atoms with van der Waals surface area (Å²) < 4.78 is 1.82. The Kier molecular flexibility index (Phi) is 4.10. The van der Waals surface area contributed by atoms with Crippen molar-refractivity contribution >= 4 is 11.3 Å². The second-order valence-electron chi connectivity index (χ2n) is 4.66. The predicted molar refractivity (Wildman–Crippen MR) is 84.2 cm³/mol. The Bertz CT molecular complexity index is 704. The molecule has 0 saturated carbocycles. The van der Waals surface area contributed by atoms with Gasteiger partial charge in [0.25, 0.3) is 0 Å². The van der Waals surface area contributed by atoms with E-state index in [2.05, 4.69) is 34.8 Å². The van der Waals surface area contributed by atoms with Crippen molar-refractivity contribution < 1.29 is 0 Å². The minimum absolute atomic E-state index is 0.120. The monoisotopic (exact) mass is 299 g/mol. The zero-order valence-electron chi connectivity index (χ0n) is 11.7. The summed E-state index contributed by atoms with van der Waals surface area (Å²) in [6, 6.07) is 14.1. The first kappa shape index (κ1) is 13.9. The average Bonchev–Trinajstić information content (AvgIpc) is 3.19. The highest BCUT2D eigenvalue weighted by Gasteiger charge is 2.20. The van der Waals surface area contributed by atoms with Gasteiger partial charge in [-0.2, -0.15) is 0 Å². The molecule has 6 heteroatoms. The third kappa shape index (κ3) is 2.73. The van der Waals surface area contributed by atoms with E-state index < -0.39 is 0 Å².